The molecule has 3 heteroatoms. The highest BCUT2D eigenvalue weighted by Crippen LogP contribution is 2.19. The van der Waals surface area contributed by atoms with E-state index < -0.39 is 0 Å². The second kappa shape index (κ2) is 9.56. The molecule has 2 atom stereocenters. The fraction of sp³-hybridized carbons (Fsp3) is 0.562. The topological polar surface area (TPSA) is 35.5 Å². The molecule has 1 aromatic carbocycles. The summed E-state index contributed by atoms with van der Waals surface area (Å²) >= 11 is 0. The van der Waals surface area contributed by atoms with Crippen LogP contribution in [0.25, 0.3) is 0 Å². The molecule has 1 rings (SSSR count). The van der Waals surface area contributed by atoms with Gasteiger partial charge in [-0.25, -0.2) is 4.79 Å². The van der Waals surface area contributed by atoms with E-state index >= 15 is 0 Å². The number of carbonyl (C=O) groups excluding carboxylic acids is 1. The highest BCUT2D eigenvalue weighted by atomic mass is 16.5. The summed E-state index contributed by atoms with van der Waals surface area (Å²) < 4.78 is 10.8. The Kier molecular flexibility index (Phi) is 7.91. The first-order valence-corrected chi connectivity index (χ1v) is 6.96. The zero-order valence-electron chi connectivity index (χ0n) is 11.8. The first-order valence-electron chi connectivity index (χ1n) is 6.96. The third-order valence-corrected chi connectivity index (χ3v) is 3.29. The van der Waals surface area contributed by atoms with Gasteiger partial charge in [0.1, 0.15) is 0 Å². The number of benzene rings is 1. The summed E-state index contributed by atoms with van der Waals surface area (Å²) in [6.07, 6.45) is 3.10. The van der Waals surface area contributed by atoms with Crippen LogP contribution >= 0.6 is 0 Å². The van der Waals surface area contributed by atoms with Gasteiger partial charge in [-0.3, -0.25) is 0 Å². The van der Waals surface area contributed by atoms with Crippen LogP contribution in [0.5, 0.6) is 0 Å². The summed E-state index contributed by atoms with van der Waals surface area (Å²) in [6, 6.07) is 10.1. The number of hydrogen-bond donors (Lipinski definition) is 0. The molecule has 0 heterocycles. The van der Waals surface area contributed by atoms with E-state index in [4.69, 9.17) is 9.47 Å². The van der Waals surface area contributed by atoms with E-state index in [0.717, 1.165) is 19.3 Å². The van der Waals surface area contributed by atoms with Crippen LogP contribution in [0.2, 0.25) is 0 Å². The van der Waals surface area contributed by atoms with Gasteiger partial charge in [-0.15, -0.1) is 0 Å². The molecule has 0 saturated heterocycles. The molecule has 0 N–H and O–H groups in total. The van der Waals surface area contributed by atoms with Gasteiger partial charge < -0.3 is 9.47 Å². The van der Waals surface area contributed by atoms with Gasteiger partial charge in [-0.05, 0) is 18.4 Å². The molecule has 0 aliphatic carbocycles. The van der Waals surface area contributed by atoms with Gasteiger partial charge in [0.25, 0.3) is 0 Å². The molecule has 19 heavy (non-hydrogen) atoms. The van der Waals surface area contributed by atoms with Crippen molar-refractivity contribution in [2.75, 3.05) is 6.61 Å². The summed E-state index contributed by atoms with van der Waals surface area (Å²) in [6.45, 7) is 6.72. The van der Waals surface area contributed by atoms with Crippen molar-refractivity contribution in [3.63, 3.8) is 0 Å². The van der Waals surface area contributed by atoms with Crippen molar-refractivity contribution in [2.45, 2.75) is 45.8 Å². The maximum Gasteiger partial charge on any atom is 0.417 e. The lowest BCUT2D eigenvalue weighted by atomic mass is 9.96. The third kappa shape index (κ3) is 5.88. The molecule has 0 aliphatic heterocycles. The minimum absolute atomic E-state index is 0.128. The number of hydrogen-bond acceptors (Lipinski definition) is 3. The monoisotopic (exact) mass is 263 g/mol. The SMILES string of the molecule is CCCC(OCc1ccccc1)C(CC)CO[C]=O. The molecule has 0 spiro atoms. The molecule has 0 saturated carbocycles. The van der Waals surface area contributed by atoms with Crippen molar-refractivity contribution in [1.82, 2.24) is 0 Å². The molecule has 1 aromatic rings. The van der Waals surface area contributed by atoms with E-state index in [9.17, 15) is 4.79 Å². The normalized spacial score (nSPS) is 13.8. The molecule has 3 nitrogen and oxygen atoms in total. The van der Waals surface area contributed by atoms with Gasteiger partial charge in [0.2, 0.25) is 0 Å². The first-order chi connectivity index (χ1) is 9.31. The van der Waals surface area contributed by atoms with Crippen LogP contribution in [-0.4, -0.2) is 19.2 Å². The Morgan fingerprint density at radius 2 is 1.95 bits per heavy atom. The van der Waals surface area contributed by atoms with Crippen molar-refractivity contribution in [1.29, 1.82) is 0 Å². The Morgan fingerprint density at radius 3 is 2.53 bits per heavy atom. The van der Waals surface area contributed by atoms with E-state index in [-0.39, 0.29) is 12.0 Å². The summed E-state index contributed by atoms with van der Waals surface area (Å²) in [5.74, 6) is 0.241. The van der Waals surface area contributed by atoms with Gasteiger partial charge in [0.05, 0.1) is 19.3 Å². The summed E-state index contributed by atoms with van der Waals surface area (Å²) in [5.41, 5.74) is 1.17. The predicted molar refractivity (Wildman–Crippen MR) is 75.4 cm³/mol. The van der Waals surface area contributed by atoms with Crippen molar-refractivity contribution in [2.24, 2.45) is 5.92 Å². The van der Waals surface area contributed by atoms with Gasteiger partial charge >= 0.3 is 6.47 Å². The maximum atomic E-state index is 10.2. The Balaban J connectivity index is 2.52. The zero-order valence-corrected chi connectivity index (χ0v) is 11.8. The average Bonchev–Trinajstić information content (AvgIpc) is 2.46. The number of rotatable bonds is 10. The average molecular weight is 263 g/mol. The highest BCUT2D eigenvalue weighted by Gasteiger charge is 2.20. The second-order valence-corrected chi connectivity index (χ2v) is 4.69. The van der Waals surface area contributed by atoms with Crippen molar-refractivity contribution in [3.8, 4) is 0 Å². The Bertz CT molecular complexity index is 337. The molecule has 2 unspecified atom stereocenters. The predicted octanol–water partition coefficient (Wildman–Crippen LogP) is 3.48. The highest BCUT2D eigenvalue weighted by molar-refractivity contribution is 5.38. The Hall–Kier alpha value is -1.35. The van der Waals surface area contributed by atoms with Crippen LogP contribution < -0.4 is 0 Å². The molecule has 0 fully saturated rings. The fourth-order valence-corrected chi connectivity index (χ4v) is 2.15. The Morgan fingerprint density at radius 1 is 1.21 bits per heavy atom. The van der Waals surface area contributed by atoms with Gasteiger partial charge in [-0.2, -0.15) is 0 Å². The minimum atomic E-state index is 0.128. The van der Waals surface area contributed by atoms with E-state index in [1.54, 1.807) is 0 Å². The molecule has 0 aromatic heterocycles. The van der Waals surface area contributed by atoms with Crippen molar-refractivity contribution < 1.29 is 14.3 Å². The van der Waals surface area contributed by atoms with Gasteiger partial charge in [0, 0.05) is 5.92 Å². The molecule has 0 aliphatic rings. The minimum Gasteiger partial charge on any atom is -0.457 e. The van der Waals surface area contributed by atoms with Crippen LogP contribution in [0.15, 0.2) is 30.3 Å². The van der Waals surface area contributed by atoms with Gasteiger partial charge in [-0.1, -0.05) is 50.6 Å². The van der Waals surface area contributed by atoms with Crippen LogP contribution in [0.1, 0.15) is 38.7 Å². The standard InChI is InChI=1S/C16H23O3/c1-3-8-16(15(4-2)12-18-13-17)19-11-14-9-6-5-7-10-14/h5-7,9-10,15-16H,3-4,8,11-12H2,1-2H3. The third-order valence-electron chi connectivity index (χ3n) is 3.29. The van der Waals surface area contributed by atoms with E-state index in [2.05, 4.69) is 26.0 Å². The molecule has 0 bridgehead atoms. The van der Waals surface area contributed by atoms with Crippen LogP contribution in [0.3, 0.4) is 0 Å². The molecule has 105 valence electrons. The van der Waals surface area contributed by atoms with Gasteiger partial charge in [0.15, 0.2) is 0 Å². The molecular formula is C16H23O3. The molecule has 1 radical (unpaired) electrons. The summed E-state index contributed by atoms with van der Waals surface area (Å²) in [7, 11) is 0. The first kappa shape index (κ1) is 15.7. The van der Waals surface area contributed by atoms with E-state index in [1.807, 2.05) is 18.2 Å². The zero-order chi connectivity index (χ0) is 13.9. The molecule has 0 amide bonds. The van der Waals surface area contributed by atoms with Crippen LogP contribution in [0, 0.1) is 5.92 Å². The smallest absolute Gasteiger partial charge is 0.417 e. The van der Waals surface area contributed by atoms with E-state index in [1.165, 1.54) is 12.0 Å². The maximum absolute atomic E-state index is 10.2. The Labute approximate surface area is 115 Å². The van der Waals surface area contributed by atoms with Crippen molar-refractivity contribution >= 4 is 6.47 Å². The lowest BCUT2D eigenvalue weighted by molar-refractivity contribution is -0.0210. The van der Waals surface area contributed by atoms with E-state index in [0.29, 0.717) is 13.2 Å². The largest absolute Gasteiger partial charge is 0.457 e. The van der Waals surface area contributed by atoms with Crippen LogP contribution in [-0.2, 0) is 20.9 Å². The quantitative estimate of drug-likeness (QED) is 0.648. The van der Waals surface area contributed by atoms with Crippen molar-refractivity contribution in [3.05, 3.63) is 35.9 Å². The molecular weight excluding hydrogens is 240 g/mol. The fourth-order valence-electron chi connectivity index (χ4n) is 2.15. The number of ether oxygens (including phenoxy) is 2. The lowest BCUT2D eigenvalue weighted by Gasteiger charge is -2.25. The second-order valence-electron chi connectivity index (χ2n) is 4.69. The lowest BCUT2D eigenvalue weighted by Crippen LogP contribution is -2.27. The summed E-state index contributed by atoms with van der Waals surface area (Å²) in [4.78, 5) is 10.2. The van der Waals surface area contributed by atoms with Crippen LogP contribution in [0.4, 0.5) is 0 Å². The summed E-state index contributed by atoms with van der Waals surface area (Å²) in [5, 5.41) is 0.